The lowest BCUT2D eigenvalue weighted by Crippen LogP contribution is -2.47. The van der Waals surface area contributed by atoms with E-state index in [2.05, 4.69) is 35.2 Å². The highest BCUT2D eigenvalue weighted by Crippen LogP contribution is 2.21. The maximum absolute atomic E-state index is 13.3. The summed E-state index contributed by atoms with van der Waals surface area (Å²) in [5, 5.41) is 0. The lowest BCUT2D eigenvalue weighted by Gasteiger charge is -2.35. The summed E-state index contributed by atoms with van der Waals surface area (Å²) in [6.07, 6.45) is 5.37. The van der Waals surface area contributed by atoms with E-state index in [1.165, 1.54) is 5.56 Å². The molecule has 0 radical (unpaired) electrons. The number of para-hydroxylation sites is 1. The number of aryl methyl sites for hydroxylation is 1. The number of carbonyl (C=O) groups excluding carboxylic acids is 2. The van der Waals surface area contributed by atoms with Gasteiger partial charge in [0, 0.05) is 32.7 Å². The third-order valence-corrected chi connectivity index (χ3v) is 7.13. The molecule has 2 aliphatic heterocycles. The first-order valence-electron chi connectivity index (χ1n) is 13.2. The highest BCUT2D eigenvalue weighted by atomic mass is 16.5. The van der Waals surface area contributed by atoms with Crippen LogP contribution in [-0.2, 0) is 16.0 Å². The van der Waals surface area contributed by atoms with Crippen LogP contribution in [0.15, 0.2) is 60.7 Å². The molecule has 1 unspecified atom stereocenters. The van der Waals surface area contributed by atoms with Crippen molar-refractivity contribution in [1.82, 2.24) is 14.7 Å². The van der Waals surface area contributed by atoms with Crippen LogP contribution in [0.4, 0.5) is 0 Å². The Hall–Kier alpha value is -2.86. The van der Waals surface area contributed by atoms with Crippen molar-refractivity contribution in [3.63, 3.8) is 0 Å². The largest absolute Gasteiger partial charge is 0.493 e. The first-order valence-corrected chi connectivity index (χ1v) is 13.2. The number of rotatable bonds is 9. The summed E-state index contributed by atoms with van der Waals surface area (Å²) in [5.74, 6) is 1.02. The molecule has 0 bridgehead atoms. The molecule has 2 heterocycles. The van der Waals surface area contributed by atoms with E-state index in [9.17, 15) is 9.59 Å². The smallest absolute Gasteiger partial charge is 0.227 e. The Morgan fingerprint density at radius 3 is 2.37 bits per heavy atom. The third-order valence-electron chi connectivity index (χ3n) is 7.13. The second kappa shape index (κ2) is 13.3. The molecule has 0 saturated carbocycles. The standard InChI is InChI=1S/C29H39N3O3/c33-28(16-23-35-27-14-5-2-6-15-27)32-19-8-13-26(24-32)29(34)31-20-9-18-30(21-22-31)17-7-12-25-10-3-1-4-11-25/h1-6,10-11,14-15,26H,7-9,12-13,16-24H2. The zero-order chi connectivity index (χ0) is 24.3. The van der Waals surface area contributed by atoms with E-state index in [4.69, 9.17) is 4.74 Å². The third kappa shape index (κ3) is 7.82. The Morgan fingerprint density at radius 1 is 0.829 bits per heavy atom. The molecule has 35 heavy (non-hydrogen) atoms. The fourth-order valence-electron chi connectivity index (χ4n) is 5.16. The summed E-state index contributed by atoms with van der Waals surface area (Å²) >= 11 is 0. The van der Waals surface area contributed by atoms with Gasteiger partial charge in [-0.3, -0.25) is 9.59 Å². The Morgan fingerprint density at radius 2 is 1.57 bits per heavy atom. The topological polar surface area (TPSA) is 53.1 Å². The van der Waals surface area contributed by atoms with Gasteiger partial charge in [-0.1, -0.05) is 48.5 Å². The highest BCUT2D eigenvalue weighted by molar-refractivity contribution is 5.81. The minimum absolute atomic E-state index is 0.0765. The molecule has 2 amide bonds. The lowest BCUT2D eigenvalue weighted by atomic mass is 9.96. The average Bonchev–Trinajstić information content (AvgIpc) is 3.15. The highest BCUT2D eigenvalue weighted by Gasteiger charge is 2.31. The van der Waals surface area contributed by atoms with Crippen LogP contribution in [0.5, 0.6) is 5.75 Å². The number of hydrogen-bond donors (Lipinski definition) is 0. The summed E-state index contributed by atoms with van der Waals surface area (Å²) < 4.78 is 5.69. The molecule has 2 aromatic carbocycles. The van der Waals surface area contributed by atoms with E-state index in [1.54, 1.807) is 0 Å². The Kier molecular flexibility index (Phi) is 9.58. The SMILES string of the molecule is O=C(CCOc1ccccc1)N1CCCC(C(=O)N2CCCN(CCCc3ccccc3)CC2)C1. The molecule has 2 aliphatic rings. The number of amides is 2. The monoisotopic (exact) mass is 477 g/mol. The molecule has 2 fully saturated rings. The van der Waals surface area contributed by atoms with Crippen LogP contribution >= 0.6 is 0 Å². The Bertz CT molecular complexity index is 921. The van der Waals surface area contributed by atoms with E-state index in [0.717, 1.165) is 77.1 Å². The van der Waals surface area contributed by atoms with Gasteiger partial charge >= 0.3 is 0 Å². The van der Waals surface area contributed by atoms with Gasteiger partial charge in [0.05, 0.1) is 18.9 Å². The molecule has 0 aromatic heterocycles. The number of piperidine rings is 1. The zero-order valence-corrected chi connectivity index (χ0v) is 20.8. The first-order chi connectivity index (χ1) is 17.2. The van der Waals surface area contributed by atoms with Gasteiger partial charge in [-0.15, -0.1) is 0 Å². The molecule has 0 aliphatic carbocycles. The van der Waals surface area contributed by atoms with Crippen molar-refractivity contribution in [2.45, 2.75) is 38.5 Å². The summed E-state index contributed by atoms with van der Waals surface area (Å²) in [7, 11) is 0. The van der Waals surface area contributed by atoms with E-state index >= 15 is 0 Å². The van der Waals surface area contributed by atoms with E-state index in [1.807, 2.05) is 40.1 Å². The number of nitrogens with zero attached hydrogens (tertiary/aromatic N) is 3. The van der Waals surface area contributed by atoms with E-state index in [0.29, 0.717) is 19.6 Å². The van der Waals surface area contributed by atoms with Crippen molar-refractivity contribution in [2.75, 3.05) is 52.4 Å². The number of benzene rings is 2. The number of hydrogen-bond acceptors (Lipinski definition) is 4. The van der Waals surface area contributed by atoms with Crippen molar-refractivity contribution >= 4 is 11.8 Å². The molecule has 2 saturated heterocycles. The summed E-state index contributed by atoms with van der Waals surface area (Å²) in [5.41, 5.74) is 1.39. The van der Waals surface area contributed by atoms with Crippen molar-refractivity contribution in [2.24, 2.45) is 5.92 Å². The maximum atomic E-state index is 13.3. The Labute approximate surface area is 209 Å². The number of likely N-dealkylation sites (tertiary alicyclic amines) is 1. The number of ether oxygens (including phenoxy) is 1. The molecular formula is C29H39N3O3. The van der Waals surface area contributed by atoms with Gasteiger partial charge in [0.25, 0.3) is 0 Å². The van der Waals surface area contributed by atoms with Gasteiger partial charge in [-0.2, -0.15) is 0 Å². The van der Waals surface area contributed by atoms with Crippen LogP contribution in [0.2, 0.25) is 0 Å². The predicted octanol–water partition coefficient (Wildman–Crippen LogP) is 3.86. The van der Waals surface area contributed by atoms with Gasteiger partial charge in [-0.05, 0) is 62.9 Å². The van der Waals surface area contributed by atoms with Crippen molar-refractivity contribution in [3.8, 4) is 5.75 Å². The number of carbonyl (C=O) groups is 2. The molecular weight excluding hydrogens is 438 g/mol. The van der Waals surface area contributed by atoms with Crippen LogP contribution in [0.3, 0.4) is 0 Å². The minimum atomic E-state index is -0.0765. The zero-order valence-electron chi connectivity index (χ0n) is 20.8. The van der Waals surface area contributed by atoms with Crippen LogP contribution < -0.4 is 4.74 Å². The van der Waals surface area contributed by atoms with Crippen molar-refractivity contribution in [1.29, 1.82) is 0 Å². The van der Waals surface area contributed by atoms with Crippen LogP contribution in [0.1, 0.15) is 37.7 Å². The predicted molar refractivity (Wildman–Crippen MR) is 138 cm³/mol. The lowest BCUT2D eigenvalue weighted by molar-refractivity contribution is -0.141. The Balaban J connectivity index is 1.18. The van der Waals surface area contributed by atoms with Crippen molar-refractivity contribution < 1.29 is 14.3 Å². The van der Waals surface area contributed by atoms with Crippen LogP contribution in [-0.4, -0.2) is 78.9 Å². The second-order valence-corrected chi connectivity index (χ2v) is 9.70. The van der Waals surface area contributed by atoms with Gasteiger partial charge in [0.1, 0.15) is 5.75 Å². The molecule has 6 nitrogen and oxygen atoms in total. The first kappa shape index (κ1) is 25.2. The molecule has 0 N–H and O–H groups in total. The van der Waals surface area contributed by atoms with Gasteiger partial charge in [0.2, 0.25) is 11.8 Å². The van der Waals surface area contributed by atoms with Gasteiger partial charge in [-0.25, -0.2) is 0 Å². The summed E-state index contributed by atoms with van der Waals surface area (Å²) in [6, 6.07) is 20.2. The molecule has 188 valence electrons. The second-order valence-electron chi connectivity index (χ2n) is 9.70. The maximum Gasteiger partial charge on any atom is 0.227 e. The molecule has 0 spiro atoms. The minimum Gasteiger partial charge on any atom is -0.493 e. The fraction of sp³-hybridized carbons (Fsp3) is 0.517. The normalized spacial score (nSPS) is 19.3. The molecule has 1 atom stereocenters. The van der Waals surface area contributed by atoms with Crippen LogP contribution in [0, 0.1) is 5.92 Å². The van der Waals surface area contributed by atoms with E-state index in [-0.39, 0.29) is 17.7 Å². The quantitative estimate of drug-likeness (QED) is 0.550. The summed E-state index contributed by atoms with van der Waals surface area (Å²) in [4.78, 5) is 32.5. The molecule has 6 heteroatoms. The summed E-state index contributed by atoms with van der Waals surface area (Å²) in [6.45, 7) is 6.33. The van der Waals surface area contributed by atoms with Gasteiger partial charge < -0.3 is 19.4 Å². The average molecular weight is 478 g/mol. The van der Waals surface area contributed by atoms with Gasteiger partial charge in [0.15, 0.2) is 0 Å². The van der Waals surface area contributed by atoms with Crippen molar-refractivity contribution in [3.05, 3.63) is 66.2 Å². The van der Waals surface area contributed by atoms with E-state index < -0.39 is 0 Å². The molecule has 2 aromatic rings. The molecule has 4 rings (SSSR count). The fourth-order valence-corrected chi connectivity index (χ4v) is 5.16. The van der Waals surface area contributed by atoms with Crippen LogP contribution in [0.25, 0.3) is 0 Å².